The van der Waals surface area contributed by atoms with Crippen LogP contribution in [0.4, 0.5) is 0 Å². The molecular weight excluding hydrogens is 610 g/mol. The Hall–Kier alpha value is -4.92. The van der Waals surface area contributed by atoms with Gasteiger partial charge in [0.25, 0.3) is 0 Å². The molecule has 0 amide bonds. The maximum absolute atomic E-state index is 12.9. The van der Waals surface area contributed by atoms with Gasteiger partial charge in [-0.05, 0) is 30.9 Å². The Bertz CT molecular complexity index is 1890. The van der Waals surface area contributed by atoms with Crippen LogP contribution in [0.2, 0.25) is 0 Å². The highest BCUT2D eigenvalue weighted by molar-refractivity contribution is 7.09. The van der Waals surface area contributed by atoms with Gasteiger partial charge in [-0.15, -0.1) is 11.3 Å². The van der Waals surface area contributed by atoms with E-state index >= 15 is 0 Å². The van der Waals surface area contributed by atoms with Gasteiger partial charge in [0.1, 0.15) is 16.3 Å². The number of aryl methyl sites for hydroxylation is 1. The van der Waals surface area contributed by atoms with E-state index in [0.717, 1.165) is 16.0 Å². The first-order chi connectivity index (χ1) is 21.7. The monoisotopic (exact) mass is 637 g/mol. The Balaban J connectivity index is 0.000000182. The lowest BCUT2D eigenvalue weighted by molar-refractivity contribution is -0.138. The Labute approximate surface area is 269 Å². The summed E-state index contributed by atoms with van der Waals surface area (Å²) in [5, 5.41) is 4.90. The van der Waals surface area contributed by atoms with E-state index < -0.39 is 11.8 Å². The molecule has 0 aliphatic heterocycles. The van der Waals surface area contributed by atoms with Gasteiger partial charge < -0.3 is 10.1 Å². The van der Waals surface area contributed by atoms with E-state index in [0.29, 0.717) is 23.2 Å². The van der Waals surface area contributed by atoms with Crippen LogP contribution in [0.1, 0.15) is 64.4 Å². The molecule has 1 N–H and O–H groups in total. The third-order valence-corrected chi connectivity index (χ3v) is 8.52. The molecule has 3 aromatic carbocycles. The Morgan fingerprint density at radius 1 is 0.756 bits per heavy atom. The molecule has 0 bridgehead atoms. The number of ketones is 4. The van der Waals surface area contributed by atoms with Crippen LogP contribution < -0.4 is 5.32 Å². The normalized spacial score (nSPS) is 14.0. The first kappa shape index (κ1) is 31.5. The van der Waals surface area contributed by atoms with Crippen molar-refractivity contribution in [1.82, 2.24) is 5.32 Å². The number of thiophene rings is 1. The SMILES string of the molecule is CCOC(=O)C1=C(Cc2ccc(C)cc2)C(=O)c2ccccc2C1=O.O=C1C(Cl)=C(NCc2cccs2)C(=O)c2ccccc21. The number of hydrogen-bond acceptors (Lipinski definition) is 8. The lowest BCUT2D eigenvalue weighted by Crippen LogP contribution is -2.28. The maximum atomic E-state index is 12.9. The molecule has 6 rings (SSSR count). The molecule has 0 saturated heterocycles. The zero-order valence-corrected chi connectivity index (χ0v) is 26.1. The maximum Gasteiger partial charge on any atom is 0.342 e. The van der Waals surface area contributed by atoms with E-state index in [9.17, 15) is 24.0 Å². The Morgan fingerprint density at radius 3 is 1.91 bits per heavy atom. The van der Waals surface area contributed by atoms with Gasteiger partial charge in [0.2, 0.25) is 17.3 Å². The number of halogens is 1. The van der Waals surface area contributed by atoms with Crippen LogP contribution in [0.15, 0.2) is 112 Å². The largest absolute Gasteiger partial charge is 0.462 e. The van der Waals surface area contributed by atoms with Gasteiger partial charge in [0.15, 0.2) is 5.78 Å². The number of hydrogen-bond donors (Lipinski definition) is 1. The second-order valence-corrected chi connectivity index (χ2v) is 11.7. The Morgan fingerprint density at radius 2 is 1.33 bits per heavy atom. The van der Waals surface area contributed by atoms with Crippen molar-refractivity contribution in [2.45, 2.75) is 26.8 Å². The Kier molecular flexibility index (Phi) is 9.66. The van der Waals surface area contributed by atoms with Crippen molar-refractivity contribution in [3.05, 3.63) is 150 Å². The molecule has 2 aliphatic rings. The van der Waals surface area contributed by atoms with Crippen molar-refractivity contribution >= 4 is 52.0 Å². The van der Waals surface area contributed by atoms with Gasteiger partial charge in [-0.1, -0.05) is 96.0 Å². The standard InChI is InChI=1S/C21H18O4.C15H10ClNO2S/c1-3-25-21(24)18-17(12-14-10-8-13(2)9-11-14)19(22)15-6-4-5-7-16(15)20(18)23;16-12-13(17-8-9-4-3-7-20-9)15(19)11-6-2-1-5-10(11)14(12)18/h4-11H,3,12H2,1-2H3;1-7,17H,8H2. The molecule has 0 spiro atoms. The predicted octanol–water partition coefficient (Wildman–Crippen LogP) is 6.84. The molecule has 226 valence electrons. The minimum atomic E-state index is -0.738. The summed E-state index contributed by atoms with van der Waals surface area (Å²) in [6.45, 7) is 4.26. The molecular formula is C36H28ClNO6S. The van der Waals surface area contributed by atoms with Crippen molar-refractivity contribution < 1.29 is 28.7 Å². The van der Waals surface area contributed by atoms with Gasteiger partial charge in [0, 0.05) is 45.7 Å². The van der Waals surface area contributed by atoms with Crippen LogP contribution in [0, 0.1) is 6.92 Å². The molecule has 9 heteroatoms. The quantitative estimate of drug-likeness (QED) is 0.175. The average Bonchev–Trinajstić information content (AvgIpc) is 3.58. The van der Waals surface area contributed by atoms with Crippen LogP contribution in [0.5, 0.6) is 0 Å². The second-order valence-electron chi connectivity index (χ2n) is 10.3. The molecule has 45 heavy (non-hydrogen) atoms. The molecule has 2 aliphatic carbocycles. The van der Waals surface area contributed by atoms with Crippen molar-refractivity contribution in [2.24, 2.45) is 0 Å². The average molecular weight is 638 g/mol. The van der Waals surface area contributed by atoms with Crippen molar-refractivity contribution in [3.8, 4) is 0 Å². The van der Waals surface area contributed by atoms with E-state index in [1.165, 1.54) is 0 Å². The highest BCUT2D eigenvalue weighted by Gasteiger charge is 2.36. The minimum Gasteiger partial charge on any atom is -0.462 e. The number of esters is 1. The molecule has 0 radical (unpaired) electrons. The summed E-state index contributed by atoms with van der Waals surface area (Å²) in [5.74, 6) is -2.02. The zero-order chi connectivity index (χ0) is 32.1. The first-order valence-electron chi connectivity index (χ1n) is 14.2. The number of nitrogens with one attached hydrogen (secondary N) is 1. The van der Waals surface area contributed by atoms with E-state index in [1.54, 1.807) is 66.8 Å². The van der Waals surface area contributed by atoms with E-state index in [4.69, 9.17) is 16.3 Å². The second kappa shape index (κ2) is 13.8. The van der Waals surface area contributed by atoms with E-state index in [2.05, 4.69) is 5.32 Å². The summed E-state index contributed by atoms with van der Waals surface area (Å²) in [6, 6.07) is 24.8. The van der Waals surface area contributed by atoms with Crippen LogP contribution in [0.3, 0.4) is 0 Å². The molecule has 0 atom stereocenters. The highest BCUT2D eigenvalue weighted by Crippen LogP contribution is 2.30. The highest BCUT2D eigenvalue weighted by atomic mass is 35.5. The number of carbonyl (C=O) groups excluding carboxylic acids is 5. The number of rotatable bonds is 7. The zero-order valence-electron chi connectivity index (χ0n) is 24.5. The first-order valence-corrected chi connectivity index (χ1v) is 15.5. The molecule has 0 unspecified atom stereocenters. The summed E-state index contributed by atoms with van der Waals surface area (Å²) in [7, 11) is 0. The van der Waals surface area contributed by atoms with E-state index in [-0.39, 0.29) is 57.8 Å². The molecule has 0 saturated carbocycles. The van der Waals surface area contributed by atoms with Crippen molar-refractivity contribution in [3.63, 3.8) is 0 Å². The third kappa shape index (κ3) is 6.62. The lowest BCUT2D eigenvalue weighted by atomic mass is 9.81. The summed E-state index contributed by atoms with van der Waals surface area (Å²) in [6.07, 6.45) is 0.216. The topological polar surface area (TPSA) is 107 Å². The summed E-state index contributed by atoms with van der Waals surface area (Å²) >= 11 is 7.62. The predicted molar refractivity (Wildman–Crippen MR) is 173 cm³/mol. The van der Waals surface area contributed by atoms with Crippen LogP contribution in [-0.4, -0.2) is 35.7 Å². The van der Waals surface area contributed by atoms with E-state index in [1.807, 2.05) is 48.7 Å². The fourth-order valence-electron chi connectivity index (χ4n) is 5.02. The fraction of sp³-hybridized carbons (Fsp3) is 0.139. The molecule has 7 nitrogen and oxygen atoms in total. The number of carbonyl (C=O) groups is 5. The molecule has 1 aromatic heterocycles. The van der Waals surface area contributed by atoms with Crippen LogP contribution in [-0.2, 0) is 22.5 Å². The van der Waals surface area contributed by atoms with Gasteiger partial charge in [-0.3, -0.25) is 19.2 Å². The number of allylic oxidation sites excluding steroid dienone is 3. The van der Waals surface area contributed by atoms with Gasteiger partial charge in [-0.2, -0.15) is 0 Å². The summed E-state index contributed by atoms with van der Waals surface area (Å²) < 4.78 is 5.03. The molecule has 1 heterocycles. The number of ether oxygens (including phenoxy) is 1. The minimum absolute atomic E-state index is 0.0368. The van der Waals surface area contributed by atoms with Crippen molar-refractivity contribution in [1.29, 1.82) is 0 Å². The smallest absolute Gasteiger partial charge is 0.342 e. The summed E-state index contributed by atoms with van der Waals surface area (Å²) in [5.41, 5.74) is 3.55. The van der Waals surface area contributed by atoms with Crippen LogP contribution in [0.25, 0.3) is 0 Å². The van der Waals surface area contributed by atoms with Crippen molar-refractivity contribution in [2.75, 3.05) is 6.61 Å². The molecule has 0 fully saturated rings. The number of fused-ring (bicyclic) bond motifs is 2. The lowest BCUT2D eigenvalue weighted by Gasteiger charge is -2.20. The summed E-state index contributed by atoms with van der Waals surface area (Å²) in [4.78, 5) is 63.7. The molecule has 4 aromatic rings. The van der Waals surface area contributed by atoms with Crippen LogP contribution >= 0.6 is 22.9 Å². The number of benzene rings is 3. The van der Waals surface area contributed by atoms with Gasteiger partial charge in [0.05, 0.1) is 6.61 Å². The number of Topliss-reactive ketones (excluding diaryl/α,β-unsaturated/α-hetero) is 4. The fourth-order valence-corrected chi connectivity index (χ4v) is 5.92. The van der Waals surface area contributed by atoms with Gasteiger partial charge >= 0.3 is 5.97 Å². The van der Waals surface area contributed by atoms with Gasteiger partial charge in [-0.25, -0.2) is 4.79 Å². The third-order valence-electron chi connectivity index (χ3n) is 7.28.